The van der Waals surface area contributed by atoms with Gasteiger partial charge in [0.1, 0.15) is 22.9 Å². The number of halogens is 1. The van der Waals surface area contributed by atoms with E-state index in [2.05, 4.69) is 11.5 Å². The molecule has 0 radical (unpaired) electrons. The highest BCUT2D eigenvalue weighted by molar-refractivity contribution is 6.17. The Kier molecular flexibility index (Phi) is 3.88. The number of hydrogen-bond donors (Lipinski definition) is 0. The van der Waals surface area contributed by atoms with Crippen LogP contribution in [0.15, 0.2) is 41.0 Å². The Hall–Kier alpha value is -1.94. The molecule has 2 heterocycles. The Morgan fingerprint density at radius 1 is 1.33 bits per heavy atom. The highest BCUT2D eigenvalue weighted by atomic mass is 35.5. The van der Waals surface area contributed by atoms with Crippen molar-refractivity contribution in [2.24, 2.45) is 0 Å². The topological polar surface area (TPSA) is 40.2 Å². The summed E-state index contributed by atoms with van der Waals surface area (Å²) in [6.07, 6.45) is 2.39. The first kappa shape index (κ1) is 14.0. The number of para-hydroxylation sites is 1. The van der Waals surface area contributed by atoms with Gasteiger partial charge in [0.25, 0.3) is 0 Å². The molecule has 0 spiro atoms. The van der Waals surface area contributed by atoms with Gasteiger partial charge >= 0.3 is 0 Å². The number of ether oxygens (including phenoxy) is 1. The Balaban J connectivity index is 2.21. The van der Waals surface area contributed by atoms with Crippen molar-refractivity contribution >= 4 is 22.6 Å². The number of rotatable bonds is 5. The molecular weight excluding hydrogens is 288 g/mol. The van der Waals surface area contributed by atoms with E-state index in [1.807, 2.05) is 30.3 Å². The van der Waals surface area contributed by atoms with Crippen LogP contribution in [0.2, 0.25) is 0 Å². The van der Waals surface area contributed by atoms with Crippen LogP contribution in [-0.4, -0.2) is 22.5 Å². The maximum Gasteiger partial charge on any atom is 0.146 e. The van der Waals surface area contributed by atoms with Crippen LogP contribution in [0, 0.1) is 0 Å². The Morgan fingerprint density at radius 3 is 2.86 bits per heavy atom. The molecule has 0 aliphatic heterocycles. The largest absolute Gasteiger partial charge is 0.494 e. The van der Waals surface area contributed by atoms with Crippen LogP contribution in [0.1, 0.15) is 24.6 Å². The fourth-order valence-electron chi connectivity index (χ4n) is 2.65. The summed E-state index contributed by atoms with van der Waals surface area (Å²) in [5.41, 5.74) is 1.89. The molecule has 3 aromatic rings. The summed E-state index contributed by atoms with van der Waals surface area (Å²) in [7, 11) is 1.66. The van der Waals surface area contributed by atoms with Gasteiger partial charge in [-0.1, -0.05) is 6.07 Å². The standard InChI is InChI=1S/C16H17ClN2O2/c1-11(13-7-4-10-21-13)19-12-5-3-6-14(20-2)16(12)18-15(19)8-9-17/h3-7,10-11H,8-9H2,1-2H3. The molecule has 0 aliphatic rings. The fourth-order valence-corrected chi connectivity index (χ4v) is 2.82. The molecule has 4 nitrogen and oxygen atoms in total. The van der Waals surface area contributed by atoms with Crippen molar-refractivity contribution in [2.75, 3.05) is 13.0 Å². The molecule has 1 atom stereocenters. The lowest BCUT2D eigenvalue weighted by molar-refractivity contribution is 0.419. The van der Waals surface area contributed by atoms with Crippen molar-refractivity contribution < 1.29 is 9.15 Å². The lowest BCUT2D eigenvalue weighted by Crippen LogP contribution is -2.10. The zero-order chi connectivity index (χ0) is 14.8. The highest BCUT2D eigenvalue weighted by Gasteiger charge is 2.20. The predicted octanol–water partition coefficient (Wildman–Crippen LogP) is 4.03. The lowest BCUT2D eigenvalue weighted by Gasteiger charge is -2.15. The SMILES string of the molecule is COc1cccc2c1nc(CCCl)n2C(C)c1ccco1. The van der Waals surface area contributed by atoms with Crippen LogP contribution in [0.3, 0.4) is 0 Å². The van der Waals surface area contributed by atoms with E-state index in [1.54, 1.807) is 13.4 Å². The number of hydrogen-bond acceptors (Lipinski definition) is 3. The van der Waals surface area contributed by atoms with E-state index in [4.69, 9.17) is 25.7 Å². The minimum atomic E-state index is 0.0512. The van der Waals surface area contributed by atoms with Gasteiger partial charge in [0.15, 0.2) is 0 Å². The molecule has 110 valence electrons. The average Bonchev–Trinajstić information content (AvgIpc) is 3.14. The van der Waals surface area contributed by atoms with Crippen molar-refractivity contribution in [3.05, 3.63) is 48.2 Å². The number of fused-ring (bicyclic) bond motifs is 1. The third kappa shape index (κ3) is 2.40. The zero-order valence-electron chi connectivity index (χ0n) is 12.0. The van der Waals surface area contributed by atoms with Crippen LogP contribution in [-0.2, 0) is 6.42 Å². The van der Waals surface area contributed by atoms with E-state index in [0.717, 1.165) is 28.4 Å². The second-order valence-corrected chi connectivity index (χ2v) is 5.23. The van der Waals surface area contributed by atoms with Crippen molar-refractivity contribution in [3.8, 4) is 5.75 Å². The van der Waals surface area contributed by atoms with Crippen LogP contribution in [0.25, 0.3) is 11.0 Å². The van der Waals surface area contributed by atoms with Gasteiger partial charge in [-0.3, -0.25) is 0 Å². The fraction of sp³-hybridized carbons (Fsp3) is 0.312. The number of furan rings is 1. The van der Waals surface area contributed by atoms with Gasteiger partial charge < -0.3 is 13.7 Å². The maximum atomic E-state index is 5.93. The van der Waals surface area contributed by atoms with E-state index in [1.165, 1.54) is 0 Å². The van der Waals surface area contributed by atoms with Gasteiger partial charge in [0.05, 0.1) is 24.9 Å². The van der Waals surface area contributed by atoms with Crippen molar-refractivity contribution in [3.63, 3.8) is 0 Å². The molecule has 3 rings (SSSR count). The number of nitrogens with zero attached hydrogens (tertiary/aromatic N) is 2. The summed E-state index contributed by atoms with van der Waals surface area (Å²) in [5.74, 6) is 3.13. The second kappa shape index (κ2) is 5.82. The number of aryl methyl sites for hydroxylation is 1. The summed E-state index contributed by atoms with van der Waals surface area (Å²) in [4.78, 5) is 4.72. The number of benzene rings is 1. The van der Waals surface area contributed by atoms with Crippen LogP contribution >= 0.6 is 11.6 Å². The van der Waals surface area contributed by atoms with E-state index < -0.39 is 0 Å². The molecule has 5 heteroatoms. The van der Waals surface area contributed by atoms with E-state index in [-0.39, 0.29) is 6.04 Å². The molecule has 0 fully saturated rings. The number of alkyl halides is 1. The van der Waals surface area contributed by atoms with Crippen LogP contribution in [0.4, 0.5) is 0 Å². The van der Waals surface area contributed by atoms with Gasteiger partial charge in [-0.05, 0) is 31.2 Å². The zero-order valence-corrected chi connectivity index (χ0v) is 12.8. The van der Waals surface area contributed by atoms with Crippen LogP contribution in [0.5, 0.6) is 5.75 Å². The molecule has 1 unspecified atom stereocenters. The third-order valence-corrected chi connectivity index (χ3v) is 3.83. The Morgan fingerprint density at radius 2 is 2.19 bits per heavy atom. The predicted molar refractivity (Wildman–Crippen MR) is 83.2 cm³/mol. The van der Waals surface area contributed by atoms with Gasteiger partial charge in [-0.15, -0.1) is 11.6 Å². The van der Waals surface area contributed by atoms with E-state index in [9.17, 15) is 0 Å². The molecule has 0 saturated carbocycles. The summed E-state index contributed by atoms with van der Waals surface area (Å²) in [5, 5.41) is 0. The monoisotopic (exact) mass is 304 g/mol. The molecule has 21 heavy (non-hydrogen) atoms. The molecule has 1 aromatic carbocycles. The number of imidazole rings is 1. The smallest absolute Gasteiger partial charge is 0.146 e. The lowest BCUT2D eigenvalue weighted by atomic mass is 10.2. The Labute approximate surface area is 128 Å². The molecule has 0 saturated heterocycles. The first-order chi connectivity index (χ1) is 10.3. The van der Waals surface area contributed by atoms with Gasteiger partial charge in [0.2, 0.25) is 0 Å². The van der Waals surface area contributed by atoms with Gasteiger partial charge in [0, 0.05) is 12.3 Å². The minimum absolute atomic E-state index is 0.0512. The summed E-state index contributed by atoms with van der Waals surface area (Å²) < 4.78 is 13.1. The molecular formula is C16H17ClN2O2. The first-order valence-corrected chi connectivity index (χ1v) is 7.43. The number of methoxy groups -OCH3 is 1. The van der Waals surface area contributed by atoms with E-state index >= 15 is 0 Å². The van der Waals surface area contributed by atoms with Gasteiger partial charge in [-0.25, -0.2) is 4.98 Å². The van der Waals surface area contributed by atoms with Crippen molar-refractivity contribution in [1.82, 2.24) is 9.55 Å². The summed E-state index contributed by atoms with van der Waals surface area (Å²) in [6, 6.07) is 9.85. The van der Waals surface area contributed by atoms with Crippen molar-refractivity contribution in [1.29, 1.82) is 0 Å². The van der Waals surface area contributed by atoms with Crippen molar-refractivity contribution in [2.45, 2.75) is 19.4 Å². The summed E-state index contributed by atoms with van der Waals surface area (Å²) >= 11 is 5.93. The van der Waals surface area contributed by atoms with Gasteiger partial charge in [-0.2, -0.15) is 0 Å². The van der Waals surface area contributed by atoms with Crippen LogP contribution < -0.4 is 4.74 Å². The minimum Gasteiger partial charge on any atom is -0.494 e. The number of aromatic nitrogens is 2. The maximum absolute atomic E-state index is 5.93. The molecule has 2 aromatic heterocycles. The molecule has 0 N–H and O–H groups in total. The average molecular weight is 305 g/mol. The molecule has 0 amide bonds. The normalized spacial score (nSPS) is 12.7. The molecule has 0 aliphatic carbocycles. The second-order valence-electron chi connectivity index (χ2n) is 4.86. The highest BCUT2D eigenvalue weighted by Crippen LogP contribution is 2.31. The first-order valence-electron chi connectivity index (χ1n) is 6.89. The quantitative estimate of drug-likeness (QED) is 0.668. The Bertz CT molecular complexity index is 734. The summed E-state index contributed by atoms with van der Waals surface area (Å²) in [6.45, 7) is 2.09. The molecule has 0 bridgehead atoms. The van der Waals surface area contributed by atoms with E-state index in [0.29, 0.717) is 12.3 Å². The third-order valence-electron chi connectivity index (χ3n) is 3.64.